The predicted octanol–water partition coefficient (Wildman–Crippen LogP) is 5.68. The maximum Gasteiger partial charge on any atom is 0.262 e. The fourth-order valence-electron chi connectivity index (χ4n) is 5.33. The van der Waals surface area contributed by atoms with Crippen LogP contribution in [-0.2, 0) is 14.4 Å². The zero-order valence-electron chi connectivity index (χ0n) is 20.5. The van der Waals surface area contributed by atoms with Crippen LogP contribution in [0.15, 0.2) is 58.9 Å². The van der Waals surface area contributed by atoms with Crippen molar-refractivity contribution in [3.8, 4) is 5.75 Å². The molecular weight excluding hydrogens is 476 g/mol. The van der Waals surface area contributed by atoms with E-state index in [9.17, 15) is 14.4 Å². The molecule has 0 spiro atoms. The van der Waals surface area contributed by atoms with Crippen molar-refractivity contribution in [1.29, 1.82) is 0 Å². The monoisotopic (exact) mass is 504 g/mol. The van der Waals surface area contributed by atoms with E-state index in [1.54, 1.807) is 18.2 Å². The number of hydrogen-bond donors (Lipinski definition) is 2. The van der Waals surface area contributed by atoms with Gasteiger partial charge in [-0.15, -0.1) is 0 Å². The van der Waals surface area contributed by atoms with E-state index in [2.05, 4.69) is 10.6 Å². The number of benzene rings is 2. The van der Waals surface area contributed by atoms with Crippen LogP contribution < -0.4 is 15.4 Å². The van der Waals surface area contributed by atoms with E-state index in [4.69, 9.17) is 16.3 Å². The summed E-state index contributed by atoms with van der Waals surface area (Å²) < 4.78 is 6.00. The number of allylic oxidation sites excluding steroid dienone is 4. The molecule has 0 saturated carbocycles. The average Bonchev–Trinajstić information content (AvgIpc) is 2.85. The van der Waals surface area contributed by atoms with Gasteiger partial charge in [0, 0.05) is 57.6 Å². The molecule has 1 amide bonds. The summed E-state index contributed by atoms with van der Waals surface area (Å²) >= 11 is 6.40. The molecule has 3 aliphatic rings. The van der Waals surface area contributed by atoms with Gasteiger partial charge in [-0.1, -0.05) is 17.7 Å². The van der Waals surface area contributed by atoms with Crippen molar-refractivity contribution in [2.24, 2.45) is 0 Å². The van der Waals surface area contributed by atoms with Gasteiger partial charge in [0.25, 0.3) is 5.91 Å². The molecule has 2 aromatic rings. The standard InChI is InChI=1S/C29H29ClN2O4/c1-16-9-11-19(13-17(16)2)31-26(35)15-36-25-12-10-18(30)14-20(25)27-28-21(5-3-7-23(28)33)32-22-6-4-8-24(34)29(22)27/h9-14,27,32H,3-8,15H2,1-2H3,(H,31,35). The first-order chi connectivity index (χ1) is 17.3. The Hall–Kier alpha value is -3.38. The van der Waals surface area contributed by atoms with E-state index < -0.39 is 5.92 Å². The highest BCUT2D eigenvalue weighted by atomic mass is 35.5. The Balaban J connectivity index is 1.47. The third kappa shape index (κ3) is 4.70. The molecule has 0 unspecified atom stereocenters. The number of carbonyl (C=O) groups excluding carboxylic acids is 3. The Morgan fingerprint density at radius 3 is 2.25 bits per heavy atom. The zero-order valence-corrected chi connectivity index (χ0v) is 21.3. The zero-order chi connectivity index (χ0) is 25.4. The highest BCUT2D eigenvalue weighted by Gasteiger charge is 2.41. The number of ether oxygens (including phenoxy) is 1. The molecule has 0 atom stereocenters. The summed E-state index contributed by atoms with van der Waals surface area (Å²) in [4.78, 5) is 39.0. The van der Waals surface area contributed by atoms with Gasteiger partial charge >= 0.3 is 0 Å². The lowest BCUT2D eigenvalue weighted by Gasteiger charge is -2.37. The number of Topliss-reactive ketones (excluding diaryl/α,β-unsaturated/α-hetero) is 2. The van der Waals surface area contributed by atoms with Crippen molar-refractivity contribution in [1.82, 2.24) is 5.32 Å². The summed E-state index contributed by atoms with van der Waals surface area (Å²) in [6.07, 6.45) is 3.98. The van der Waals surface area contributed by atoms with Gasteiger partial charge in [0.05, 0.1) is 0 Å². The summed E-state index contributed by atoms with van der Waals surface area (Å²) in [5, 5.41) is 6.76. The average molecular weight is 505 g/mol. The molecule has 7 heteroatoms. The minimum atomic E-state index is -0.548. The predicted molar refractivity (Wildman–Crippen MR) is 139 cm³/mol. The lowest BCUT2D eigenvalue weighted by Crippen LogP contribution is -2.36. The van der Waals surface area contributed by atoms with Gasteiger partial charge in [-0.2, -0.15) is 0 Å². The first kappa shape index (κ1) is 24.3. The van der Waals surface area contributed by atoms with E-state index in [1.807, 2.05) is 32.0 Å². The maximum absolute atomic E-state index is 13.1. The van der Waals surface area contributed by atoms with Crippen LogP contribution in [0.2, 0.25) is 5.02 Å². The van der Waals surface area contributed by atoms with Crippen LogP contribution in [0.5, 0.6) is 5.75 Å². The van der Waals surface area contributed by atoms with Crippen molar-refractivity contribution < 1.29 is 19.1 Å². The Morgan fingerprint density at radius 2 is 1.61 bits per heavy atom. The molecule has 2 N–H and O–H groups in total. The molecule has 6 nitrogen and oxygen atoms in total. The summed E-state index contributed by atoms with van der Waals surface area (Å²) in [6, 6.07) is 10.9. The highest BCUT2D eigenvalue weighted by molar-refractivity contribution is 6.30. The van der Waals surface area contributed by atoms with Gasteiger partial charge in [0.1, 0.15) is 5.75 Å². The normalized spacial score (nSPS) is 18.0. The number of anilines is 1. The number of amides is 1. The van der Waals surface area contributed by atoms with Crippen LogP contribution in [0, 0.1) is 13.8 Å². The highest BCUT2D eigenvalue weighted by Crippen LogP contribution is 2.48. The smallest absolute Gasteiger partial charge is 0.262 e. The molecule has 2 aliphatic carbocycles. The largest absolute Gasteiger partial charge is 0.483 e. The Labute approximate surface area is 215 Å². The maximum atomic E-state index is 13.1. The number of carbonyl (C=O) groups is 3. The van der Waals surface area contributed by atoms with Crippen molar-refractivity contribution in [2.75, 3.05) is 11.9 Å². The van der Waals surface area contributed by atoms with E-state index in [0.29, 0.717) is 46.0 Å². The quantitative estimate of drug-likeness (QED) is 0.547. The molecule has 186 valence electrons. The molecule has 0 aromatic heterocycles. The van der Waals surface area contributed by atoms with E-state index in [1.165, 1.54) is 0 Å². The fraction of sp³-hybridized carbons (Fsp3) is 0.345. The van der Waals surface area contributed by atoms with Crippen molar-refractivity contribution >= 4 is 34.8 Å². The van der Waals surface area contributed by atoms with Gasteiger partial charge < -0.3 is 15.4 Å². The first-order valence-electron chi connectivity index (χ1n) is 12.4. The number of aryl methyl sites for hydroxylation is 2. The number of halogens is 1. The van der Waals surface area contributed by atoms with Crippen molar-refractivity contribution in [3.05, 3.63) is 80.7 Å². The Kier molecular flexibility index (Phi) is 6.71. The molecule has 1 aliphatic heterocycles. The van der Waals surface area contributed by atoms with Crippen LogP contribution in [0.3, 0.4) is 0 Å². The third-order valence-electron chi connectivity index (χ3n) is 7.22. The number of rotatable bonds is 5. The number of dihydropyridines is 1. The number of hydrogen-bond acceptors (Lipinski definition) is 5. The van der Waals surface area contributed by atoms with E-state index in [0.717, 1.165) is 48.2 Å². The summed E-state index contributed by atoms with van der Waals surface area (Å²) in [5.74, 6) is -0.328. The molecule has 2 aromatic carbocycles. The van der Waals surface area contributed by atoms with Crippen molar-refractivity contribution in [3.63, 3.8) is 0 Å². The van der Waals surface area contributed by atoms with E-state index >= 15 is 0 Å². The van der Waals surface area contributed by atoms with Gasteiger partial charge in [0.15, 0.2) is 18.2 Å². The first-order valence-corrected chi connectivity index (χ1v) is 12.8. The molecule has 5 rings (SSSR count). The van der Waals surface area contributed by atoms with Crippen LogP contribution in [0.25, 0.3) is 0 Å². The van der Waals surface area contributed by atoms with Crippen LogP contribution in [-0.4, -0.2) is 24.1 Å². The lowest BCUT2D eigenvalue weighted by atomic mass is 9.71. The minimum Gasteiger partial charge on any atom is -0.483 e. The van der Waals surface area contributed by atoms with Gasteiger partial charge in [-0.25, -0.2) is 0 Å². The molecule has 0 radical (unpaired) electrons. The molecule has 0 saturated heterocycles. The minimum absolute atomic E-state index is 0.0390. The fourth-order valence-corrected chi connectivity index (χ4v) is 5.51. The van der Waals surface area contributed by atoms with Crippen molar-refractivity contribution in [2.45, 2.75) is 58.3 Å². The molecule has 0 bridgehead atoms. The third-order valence-corrected chi connectivity index (χ3v) is 7.46. The summed E-state index contributed by atoms with van der Waals surface area (Å²) in [7, 11) is 0. The van der Waals surface area contributed by atoms with Crippen LogP contribution >= 0.6 is 11.6 Å². The molecule has 36 heavy (non-hydrogen) atoms. The summed E-state index contributed by atoms with van der Waals surface area (Å²) in [5.41, 5.74) is 6.62. The molecule has 0 fully saturated rings. The summed E-state index contributed by atoms with van der Waals surface area (Å²) in [6.45, 7) is 3.79. The second-order valence-corrected chi connectivity index (χ2v) is 10.2. The molecule has 1 heterocycles. The SMILES string of the molecule is Cc1ccc(NC(=O)COc2ccc(Cl)cc2C2C3=C(CCCC3=O)NC3=C2C(=O)CCC3)cc1C. The second-order valence-electron chi connectivity index (χ2n) is 9.71. The lowest BCUT2D eigenvalue weighted by molar-refractivity contribution is -0.119. The van der Waals surface area contributed by atoms with Crippen LogP contribution in [0.1, 0.15) is 61.1 Å². The van der Waals surface area contributed by atoms with Crippen LogP contribution in [0.4, 0.5) is 5.69 Å². The van der Waals surface area contributed by atoms with Gasteiger partial charge in [-0.3, -0.25) is 14.4 Å². The molecular formula is C29H29ClN2O4. The Bertz CT molecular complexity index is 1300. The van der Waals surface area contributed by atoms with Gasteiger partial charge in [0.2, 0.25) is 0 Å². The van der Waals surface area contributed by atoms with Gasteiger partial charge in [-0.05, 0) is 81.0 Å². The number of nitrogens with one attached hydrogen (secondary N) is 2. The topological polar surface area (TPSA) is 84.5 Å². The number of ketones is 2. The van der Waals surface area contributed by atoms with E-state index in [-0.39, 0.29) is 24.1 Å². The second kappa shape index (κ2) is 9.94. The Morgan fingerprint density at radius 1 is 0.944 bits per heavy atom.